The summed E-state index contributed by atoms with van der Waals surface area (Å²) >= 11 is 0. The molecule has 0 fully saturated rings. The smallest absolute Gasteiger partial charge is 0.329 e. The number of hydrogen-bond donors (Lipinski definition) is 6. The van der Waals surface area contributed by atoms with E-state index in [1.165, 1.54) is 0 Å². The second-order valence-electron chi connectivity index (χ2n) is 2.93. The van der Waals surface area contributed by atoms with Crippen LogP contribution in [0.4, 0.5) is 4.79 Å². The molecule has 0 aliphatic rings. The number of nitrogens with one attached hydrogen (secondary N) is 2. The highest BCUT2D eigenvalue weighted by Crippen LogP contribution is 2.23. The van der Waals surface area contributed by atoms with Gasteiger partial charge in [0.1, 0.15) is 6.10 Å². The summed E-state index contributed by atoms with van der Waals surface area (Å²) in [5, 5.41) is 13.2. The van der Waals surface area contributed by atoms with Gasteiger partial charge in [-0.05, 0) is 0 Å². The summed E-state index contributed by atoms with van der Waals surface area (Å²) in [4.78, 5) is 41.0. The van der Waals surface area contributed by atoms with Gasteiger partial charge in [-0.2, -0.15) is 4.99 Å². The van der Waals surface area contributed by atoms with E-state index in [-0.39, 0.29) is 18.9 Å². The first kappa shape index (κ1) is 17.6. The van der Waals surface area contributed by atoms with Gasteiger partial charge in [0.2, 0.25) is 12.4 Å². The minimum atomic E-state index is -2.55. The van der Waals surface area contributed by atoms with E-state index >= 15 is 0 Å². The van der Waals surface area contributed by atoms with Gasteiger partial charge in [-0.3, -0.25) is 14.6 Å². The Morgan fingerprint density at radius 1 is 1.53 bits per heavy atom. The van der Waals surface area contributed by atoms with Gasteiger partial charge in [-0.15, -0.1) is 0 Å². The van der Waals surface area contributed by atoms with Gasteiger partial charge in [0.15, 0.2) is 6.79 Å². The Balaban J connectivity index is 3.90. The van der Waals surface area contributed by atoms with Gasteiger partial charge in [0.05, 0.1) is 6.61 Å². The molecular weight excluding hydrogens is 283 g/mol. The average Bonchev–Trinajstić information content (AvgIpc) is 2.33. The molecule has 3 amide bonds. The number of hydrogen-bond acceptors (Lipinski definition) is 7. The molecule has 0 aliphatic carbocycles. The minimum absolute atomic E-state index is 0.102. The first-order valence-corrected chi connectivity index (χ1v) is 6.01. The molecule has 0 bridgehead atoms. The van der Waals surface area contributed by atoms with Crippen molar-refractivity contribution in [3.63, 3.8) is 0 Å². The third-order valence-corrected chi connectivity index (χ3v) is 1.94. The van der Waals surface area contributed by atoms with Crippen molar-refractivity contribution in [2.24, 2.45) is 10.7 Å². The number of nitrogens with zero attached hydrogens (tertiary/aromatic N) is 1. The second kappa shape index (κ2) is 10.6. The molecule has 0 aromatic heterocycles. The summed E-state index contributed by atoms with van der Waals surface area (Å²) in [5.41, 5.74) is 5.13. The maximum absolute atomic E-state index is 11.2. The number of guanidine groups is 1. The molecule has 0 saturated heterocycles. The van der Waals surface area contributed by atoms with Crippen molar-refractivity contribution in [3.05, 3.63) is 0 Å². The lowest BCUT2D eigenvalue weighted by atomic mass is 10.4. The fraction of sp³-hybridized carbons (Fsp3) is 0.571. The van der Waals surface area contributed by atoms with Crippen LogP contribution in [0.15, 0.2) is 4.99 Å². The minimum Gasteiger partial charge on any atom is -0.394 e. The van der Waals surface area contributed by atoms with Crippen molar-refractivity contribution in [1.29, 1.82) is 0 Å². The molecular formula is C7H15N4O7P. The molecule has 0 aromatic rings. The maximum atomic E-state index is 11.2. The molecule has 0 aliphatic heterocycles. The number of aliphatic hydroxyl groups is 1. The third kappa shape index (κ3) is 10.3. The fourth-order valence-corrected chi connectivity index (χ4v) is 0.961. The highest BCUT2D eigenvalue weighted by Gasteiger charge is 2.11. The number of aliphatic imine (C=N–C) groups is 1. The number of carbonyl (C=O) groups is 2. The van der Waals surface area contributed by atoms with Crippen LogP contribution in [0.5, 0.6) is 0 Å². The molecule has 11 nitrogen and oxygen atoms in total. The normalized spacial score (nSPS) is 13.2. The first-order valence-electron chi connectivity index (χ1n) is 4.84. The Labute approximate surface area is 109 Å². The summed E-state index contributed by atoms with van der Waals surface area (Å²) in [5.74, 6) is -0.386. The van der Waals surface area contributed by atoms with Gasteiger partial charge < -0.3 is 30.7 Å². The molecule has 0 aromatic carbocycles. The van der Waals surface area contributed by atoms with Crippen LogP contribution >= 0.6 is 8.60 Å². The molecule has 19 heavy (non-hydrogen) atoms. The molecule has 0 unspecified atom stereocenters. The predicted molar refractivity (Wildman–Crippen MR) is 63.5 cm³/mol. The summed E-state index contributed by atoms with van der Waals surface area (Å²) in [6, 6.07) is -0.752. The van der Waals surface area contributed by atoms with Crippen molar-refractivity contribution >= 4 is 27.0 Å². The van der Waals surface area contributed by atoms with E-state index in [1.54, 1.807) is 0 Å². The number of rotatable bonds is 8. The summed E-state index contributed by atoms with van der Waals surface area (Å²) in [7, 11) is -2.55. The Bertz CT molecular complexity index is 314. The second-order valence-corrected chi connectivity index (χ2v) is 3.69. The first-order chi connectivity index (χ1) is 8.99. The van der Waals surface area contributed by atoms with Crippen LogP contribution in [0.3, 0.4) is 0 Å². The lowest BCUT2D eigenvalue weighted by molar-refractivity contribution is -0.106. The van der Waals surface area contributed by atoms with Crippen LogP contribution in [0.1, 0.15) is 0 Å². The van der Waals surface area contributed by atoms with Gasteiger partial charge in [0, 0.05) is 6.54 Å². The zero-order valence-corrected chi connectivity index (χ0v) is 10.6. The van der Waals surface area contributed by atoms with Gasteiger partial charge in [-0.1, -0.05) is 0 Å². The molecule has 0 spiro atoms. The molecule has 12 heteroatoms. The third-order valence-electron chi connectivity index (χ3n) is 1.60. The van der Waals surface area contributed by atoms with Gasteiger partial charge in [-0.25, -0.2) is 4.79 Å². The molecule has 0 heterocycles. The molecule has 1 atom stereocenters. The molecule has 110 valence electrons. The van der Waals surface area contributed by atoms with E-state index in [0.29, 0.717) is 0 Å². The van der Waals surface area contributed by atoms with Crippen molar-refractivity contribution in [2.45, 2.75) is 6.10 Å². The van der Waals surface area contributed by atoms with Crippen LogP contribution in [0, 0.1) is 0 Å². The van der Waals surface area contributed by atoms with Crippen molar-refractivity contribution in [2.75, 3.05) is 19.9 Å². The largest absolute Gasteiger partial charge is 0.394 e. The Morgan fingerprint density at radius 3 is 2.74 bits per heavy atom. The number of carbonyl (C=O) groups excluding carboxylic acids is 2. The molecule has 0 radical (unpaired) electrons. The summed E-state index contributed by atoms with van der Waals surface area (Å²) < 4.78 is 9.18. The highest BCUT2D eigenvalue weighted by atomic mass is 31.2. The van der Waals surface area contributed by atoms with E-state index in [2.05, 4.69) is 14.8 Å². The number of aliphatic hydroxyl groups excluding tert-OH is 1. The standard InChI is InChI=1S/C7H15N4O7P/c8-6(10-3-13)11-7(14)9-1-5(2-12)17-4-18-19(15)16/h3,5,12,15-16H,1-2,4H2,(H4,8,9,10,11,13,14)/t5-/m0/s1. The zero-order valence-electron chi connectivity index (χ0n) is 9.72. The summed E-state index contributed by atoms with van der Waals surface area (Å²) in [6.45, 7) is -0.993. The topological polar surface area (TPSA) is 176 Å². The number of urea groups is 1. The van der Waals surface area contributed by atoms with Gasteiger partial charge >= 0.3 is 14.6 Å². The van der Waals surface area contributed by atoms with Crippen LogP contribution in [-0.2, 0) is 14.1 Å². The van der Waals surface area contributed by atoms with Crippen molar-refractivity contribution in [3.8, 4) is 0 Å². The van der Waals surface area contributed by atoms with E-state index in [0.717, 1.165) is 0 Å². The van der Waals surface area contributed by atoms with E-state index in [1.807, 2.05) is 5.32 Å². The monoisotopic (exact) mass is 298 g/mol. The quantitative estimate of drug-likeness (QED) is 0.0923. The Morgan fingerprint density at radius 2 is 2.21 bits per heavy atom. The zero-order chi connectivity index (χ0) is 14.7. The van der Waals surface area contributed by atoms with E-state index in [4.69, 9.17) is 25.4 Å². The van der Waals surface area contributed by atoms with Crippen LogP contribution in [0.25, 0.3) is 0 Å². The Kier molecular flexibility index (Phi) is 9.80. The predicted octanol–water partition coefficient (Wildman–Crippen LogP) is -2.68. The number of ether oxygens (including phenoxy) is 1. The molecule has 7 N–H and O–H groups in total. The maximum Gasteiger partial charge on any atom is 0.329 e. The number of amides is 3. The number of nitrogens with two attached hydrogens (primary N) is 1. The van der Waals surface area contributed by atoms with Crippen molar-refractivity contribution < 1.29 is 33.7 Å². The van der Waals surface area contributed by atoms with Crippen molar-refractivity contribution in [1.82, 2.24) is 10.6 Å². The van der Waals surface area contributed by atoms with Crippen LogP contribution < -0.4 is 16.4 Å². The lowest BCUT2D eigenvalue weighted by Gasteiger charge is -2.16. The highest BCUT2D eigenvalue weighted by molar-refractivity contribution is 7.39. The average molecular weight is 298 g/mol. The van der Waals surface area contributed by atoms with Crippen LogP contribution in [-0.4, -0.2) is 59.3 Å². The van der Waals surface area contributed by atoms with Crippen LogP contribution in [0.2, 0.25) is 0 Å². The van der Waals surface area contributed by atoms with E-state index < -0.39 is 34.1 Å². The Hall–Kier alpha value is -1.36. The molecule has 0 saturated carbocycles. The van der Waals surface area contributed by atoms with E-state index in [9.17, 15) is 9.59 Å². The lowest BCUT2D eigenvalue weighted by Crippen LogP contribution is -2.46. The summed E-state index contributed by atoms with van der Waals surface area (Å²) in [6.07, 6.45) is -0.654. The van der Waals surface area contributed by atoms with Gasteiger partial charge in [0.25, 0.3) is 0 Å². The fourth-order valence-electron chi connectivity index (χ4n) is 0.806. The SMILES string of the molecule is N/C(=N/C=O)NC(=O)NC[C@@H](CO)OCOP(O)O. The molecule has 0 rings (SSSR count).